The monoisotopic (exact) mass is 320 g/mol. The molecule has 1 aromatic rings. The molecule has 3 N–H and O–H groups in total. The zero-order valence-electron chi connectivity index (χ0n) is 14.2. The van der Waals surface area contributed by atoms with Crippen LogP contribution in [0, 0.1) is 6.92 Å². The first-order valence-electron chi connectivity index (χ1n) is 8.16. The number of ether oxygens (including phenoxy) is 2. The van der Waals surface area contributed by atoms with Crippen molar-refractivity contribution >= 4 is 5.96 Å². The Morgan fingerprint density at radius 3 is 2.91 bits per heavy atom. The van der Waals surface area contributed by atoms with Gasteiger partial charge in [-0.3, -0.25) is 4.90 Å². The highest BCUT2D eigenvalue weighted by atomic mass is 16.5. The zero-order chi connectivity index (χ0) is 16.5. The summed E-state index contributed by atoms with van der Waals surface area (Å²) in [6.45, 7) is 8.23. The molecular formula is C17H28N4O2. The van der Waals surface area contributed by atoms with Gasteiger partial charge in [0.25, 0.3) is 0 Å². The smallest absolute Gasteiger partial charge is 0.188 e. The number of morpholine rings is 1. The number of methoxy groups -OCH3 is 1. The first-order valence-corrected chi connectivity index (χ1v) is 8.16. The summed E-state index contributed by atoms with van der Waals surface area (Å²) in [4.78, 5) is 6.79. The van der Waals surface area contributed by atoms with E-state index in [1.807, 2.05) is 25.1 Å². The Morgan fingerprint density at radius 1 is 1.39 bits per heavy atom. The SMILES string of the molecule is COc1cc(CN=C(N)NCCCN2CCOCC2)ccc1C. The van der Waals surface area contributed by atoms with Crippen molar-refractivity contribution in [3.63, 3.8) is 0 Å². The predicted octanol–water partition coefficient (Wildman–Crippen LogP) is 1.13. The molecule has 0 amide bonds. The Kier molecular flexibility index (Phi) is 7.16. The fraction of sp³-hybridized carbons (Fsp3) is 0.588. The second kappa shape index (κ2) is 9.37. The number of benzene rings is 1. The van der Waals surface area contributed by atoms with Crippen LogP contribution in [0.15, 0.2) is 23.2 Å². The van der Waals surface area contributed by atoms with Gasteiger partial charge in [0.15, 0.2) is 5.96 Å². The summed E-state index contributed by atoms with van der Waals surface area (Å²) in [5, 5.41) is 3.17. The molecule has 0 radical (unpaired) electrons. The van der Waals surface area contributed by atoms with Crippen molar-refractivity contribution in [1.29, 1.82) is 0 Å². The van der Waals surface area contributed by atoms with Crippen molar-refractivity contribution in [2.24, 2.45) is 10.7 Å². The molecular weight excluding hydrogens is 292 g/mol. The lowest BCUT2D eigenvalue weighted by Gasteiger charge is -2.26. The van der Waals surface area contributed by atoms with Gasteiger partial charge in [-0.2, -0.15) is 0 Å². The van der Waals surface area contributed by atoms with Gasteiger partial charge in [0.1, 0.15) is 5.75 Å². The van der Waals surface area contributed by atoms with Crippen LogP contribution in [-0.2, 0) is 11.3 Å². The molecule has 6 nitrogen and oxygen atoms in total. The van der Waals surface area contributed by atoms with Crippen molar-refractivity contribution in [2.75, 3.05) is 46.5 Å². The molecule has 0 aliphatic carbocycles. The van der Waals surface area contributed by atoms with Crippen LogP contribution in [0.1, 0.15) is 17.5 Å². The van der Waals surface area contributed by atoms with Gasteiger partial charge >= 0.3 is 0 Å². The summed E-state index contributed by atoms with van der Waals surface area (Å²) in [6.07, 6.45) is 1.05. The van der Waals surface area contributed by atoms with E-state index in [-0.39, 0.29) is 0 Å². The minimum atomic E-state index is 0.492. The van der Waals surface area contributed by atoms with E-state index < -0.39 is 0 Å². The maximum atomic E-state index is 5.92. The number of nitrogens with two attached hydrogens (primary N) is 1. The highest BCUT2D eigenvalue weighted by Crippen LogP contribution is 2.19. The Hall–Kier alpha value is -1.79. The van der Waals surface area contributed by atoms with E-state index in [0.717, 1.165) is 62.7 Å². The standard InChI is InChI=1S/C17H28N4O2/c1-14-4-5-15(12-16(14)22-2)13-20-17(18)19-6-3-7-21-8-10-23-11-9-21/h4-5,12H,3,6-11,13H2,1-2H3,(H3,18,19,20). The molecule has 1 heterocycles. The normalized spacial score (nSPS) is 16.3. The van der Waals surface area contributed by atoms with E-state index in [9.17, 15) is 0 Å². The molecule has 23 heavy (non-hydrogen) atoms. The molecule has 0 unspecified atom stereocenters. The van der Waals surface area contributed by atoms with Crippen molar-refractivity contribution < 1.29 is 9.47 Å². The lowest BCUT2D eigenvalue weighted by molar-refractivity contribution is 0.0376. The average molecular weight is 320 g/mol. The maximum Gasteiger partial charge on any atom is 0.188 e. The molecule has 1 fully saturated rings. The summed E-state index contributed by atoms with van der Waals surface area (Å²) in [6, 6.07) is 6.09. The third-order valence-corrected chi connectivity index (χ3v) is 3.97. The Morgan fingerprint density at radius 2 is 2.17 bits per heavy atom. The van der Waals surface area contributed by atoms with Gasteiger partial charge in [-0.25, -0.2) is 4.99 Å². The van der Waals surface area contributed by atoms with E-state index in [1.165, 1.54) is 0 Å². The Bertz CT molecular complexity index is 513. The molecule has 6 heteroatoms. The van der Waals surface area contributed by atoms with Crippen LogP contribution in [0.2, 0.25) is 0 Å². The van der Waals surface area contributed by atoms with E-state index >= 15 is 0 Å². The Balaban J connectivity index is 1.68. The molecule has 0 aromatic heterocycles. The number of nitrogens with zero attached hydrogens (tertiary/aromatic N) is 2. The fourth-order valence-corrected chi connectivity index (χ4v) is 2.54. The van der Waals surface area contributed by atoms with Crippen LogP contribution in [0.3, 0.4) is 0 Å². The van der Waals surface area contributed by atoms with Crippen LogP contribution in [0.5, 0.6) is 5.75 Å². The molecule has 1 aliphatic heterocycles. The largest absolute Gasteiger partial charge is 0.496 e. The molecule has 0 spiro atoms. The second-order valence-electron chi connectivity index (χ2n) is 5.74. The van der Waals surface area contributed by atoms with Crippen LogP contribution < -0.4 is 15.8 Å². The molecule has 0 atom stereocenters. The number of hydrogen-bond donors (Lipinski definition) is 2. The lowest BCUT2D eigenvalue weighted by Crippen LogP contribution is -2.39. The fourth-order valence-electron chi connectivity index (χ4n) is 2.54. The zero-order valence-corrected chi connectivity index (χ0v) is 14.2. The molecule has 0 bridgehead atoms. The van der Waals surface area contributed by atoms with Gasteiger partial charge in [-0.15, -0.1) is 0 Å². The third-order valence-electron chi connectivity index (χ3n) is 3.97. The topological polar surface area (TPSA) is 72.1 Å². The Labute approximate surface area is 138 Å². The minimum Gasteiger partial charge on any atom is -0.496 e. The summed E-state index contributed by atoms with van der Waals surface area (Å²) in [5.41, 5.74) is 8.12. The van der Waals surface area contributed by atoms with Crippen molar-refractivity contribution in [3.05, 3.63) is 29.3 Å². The van der Waals surface area contributed by atoms with Crippen LogP contribution in [0.4, 0.5) is 0 Å². The van der Waals surface area contributed by atoms with Crippen molar-refractivity contribution in [3.8, 4) is 5.75 Å². The highest BCUT2D eigenvalue weighted by molar-refractivity contribution is 5.77. The third kappa shape index (κ3) is 6.08. The number of rotatable bonds is 7. The van der Waals surface area contributed by atoms with E-state index in [2.05, 4.69) is 15.2 Å². The molecule has 2 rings (SSSR count). The molecule has 1 saturated heterocycles. The minimum absolute atomic E-state index is 0.492. The summed E-state index contributed by atoms with van der Waals surface area (Å²) in [5.74, 6) is 1.38. The number of aliphatic imine (C=N–C) groups is 1. The van der Waals surface area contributed by atoms with Gasteiger partial charge in [0, 0.05) is 19.6 Å². The number of guanidine groups is 1. The molecule has 1 aliphatic rings. The summed E-state index contributed by atoms with van der Waals surface area (Å²) in [7, 11) is 1.68. The average Bonchev–Trinajstić information content (AvgIpc) is 2.59. The van der Waals surface area contributed by atoms with E-state index in [1.54, 1.807) is 7.11 Å². The molecule has 128 valence electrons. The van der Waals surface area contributed by atoms with Gasteiger partial charge in [0.2, 0.25) is 0 Å². The van der Waals surface area contributed by atoms with Gasteiger partial charge in [0.05, 0.1) is 26.9 Å². The quantitative estimate of drug-likeness (QED) is 0.448. The van der Waals surface area contributed by atoms with Crippen molar-refractivity contribution in [1.82, 2.24) is 10.2 Å². The van der Waals surface area contributed by atoms with Crippen LogP contribution in [-0.4, -0.2) is 57.4 Å². The van der Waals surface area contributed by atoms with E-state index in [4.69, 9.17) is 15.2 Å². The van der Waals surface area contributed by atoms with Gasteiger partial charge in [-0.1, -0.05) is 12.1 Å². The van der Waals surface area contributed by atoms with Gasteiger partial charge < -0.3 is 20.5 Å². The summed E-state index contributed by atoms with van der Waals surface area (Å²) >= 11 is 0. The number of nitrogens with one attached hydrogen (secondary N) is 1. The molecule has 0 saturated carbocycles. The first-order chi connectivity index (χ1) is 11.2. The van der Waals surface area contributed by atoms with Crippen LogP contribution >= 0.6 is 0 Å². The maximum absolute atomic E-state index is 5.92. The molecule has 1 aromatic carbocycles. The van der Waals surface area contributed by atoms with Gasteiger partial charge in [-0.05, 0) is 37.1 Å². The highest BCUT2D eigenvalue weighted by Gasteiger charge is 2.09. The number of aryl methyl sites for hydroxylation is 1. The predicted molar refractivity (Wildman–Crippen MR) is 92.9 cm³/mol. The first kappa shape index (κ1) is 17.6. The number of hydrogen-bond acceptors (Lipinski definition) is 4. The van der Waals surface area contributed by atoms with Crippen molar-refractivity contribution in [2.45, 2.75) is 19.9 Å². The second-order valence-corrected chi connectivity index (χ2v) is 5.74. The lowest BCUT2D eigenvalue weighted by atomic mass is 10.1. The van der Waals surface area contributed by atoms with E-state index in [0.29, 0.717) is 12.5 Å². The van der Waals surface area contributed by atoms with Crippen LogP contribution in [0.25, 0.3) is 0 Å². The summed E-state index contributed by atoms with van der Waals surface area (Å²) < 4.78 is 10.7.